The molecule has 29 heavy (non-hydrogen) atoms. The molecule has 10 heteroatoms. The van der Waals surface area contributed by atoms with Crippen LogP contribution in [0.5, 0.6) is 0 Å². The van der Waals surface area contributed by atoms with E-state index in [1.807, 2.05) is 0 Å². The SMILES string of the molecule is O=C(c1ccc(C(F)(F)F)cc1)N1CCN(C(=O)c2ccc(F)c(F)c2F)CC1. The highest BCUT2D eigenvalue weighted by Crippen LogP contribution is 2.29. The van der Waals surface area contributed by atoms with Crippen molar-refractivity contribution in [3.63, 3.8) is 0 Å². The summed E-state index contributed by atoms with van der Waals surface area (Å²) in [4.78, 5) is 27.3. The first kappa shape index (κ1) is 20.7. The highest BCUT2D eigenvalue weighted by atomic mass is 19.4. The van der Waals surface area contributed by atoms with Crippen LogP contribution in [-0.4, -0.2) is 47.8 Å². The van der Waals surface area contributed by atoms with Crippen molar-refractivity contribution in [2.45, 2.75) is 6.18 Å². The molecule has 0 saturated carbocycles. The molecule has 0 spiro atoms. The van der Waals surface area contributed by atoms with E-state index in [4.69, 9.17) is 0 Å². The number of amides is 2. The smallest absolute Gasteiger partial charge is 0.335 e. The van der Waals surface area contributed by atoms with Gasteiger partial charge in [0, 0.05) is 31.7 Å². The van der Waals surface area contributed by atoms with Crippen molar-refractivity contribution in [3.8, 4) is 0 Å². The van der Waals surface area contributed by atoms with Gasteiger partial charge in [-0.25, -0.2) is 13.2 Å². The van der Waals surface area contributed by atoms with Crippen LogP contribution >= 0.6 is 0 Å². The van der Waals surface area contributed by atoms with Crippen LogP contribution in [0.25, 0.3) is 0 Å². The van der Waals surface area contributed by atoms with Crippen molar-refractivity contribution in [2.24, 2.45) is 0 Å². The lowest BCUT2D eigenvalue weighted by Crippen LogP contribution is -2.50. The van der Waals surface area contributed by atoms with Crippen LogP contribution < -0.4 is 0 Å². The average molecular weight is 416 g/mol. The van der Waals surface area contributed by atoms with Gasteiger partial charge in [0.2, 0.25) is 0 Å². The van der Waals surface area contributed by atoms with Crippen molar-refractivity contribution < 1.29 is 35.9 Å². The van der Waals surface area contributed by atoms with Gasteiger partial charge in [-0.1, -0.05) is 0 Å². The van der Waals surface area contributed by atoms with Gasteiger partial charge < -0.3 is 9.80 Å². The van der Waals surface area contributed by atoms with E-state index in [9.17, 15) is 35.9 Å². The monoisotopic (exact) mass is 416 g/mol. The summed E-state index contributed by atoms with van der Waals surface area (Å²) in [7, 11) is 0. The van der Waals surface area contributed by atoms with Gasteiger partial charge in [-0.15, -0.1) is 0 Å². The number of carbonyl (C=O) groups excluding carboxylic acids is 2. The molecule has 154 valence electrons. The molecule has 1 fully saturated rings. The predicted octanol–water partition coefficient (Wildman–Crippen LogP) is 3.72. The zero-order valence-corrected chi connectivity index (χ0v) is 14.8. The largest absolute Gasteiger partial charge is 0.416 e. The molecule has 0 aromatic heterocycles. The Kier molecular flexibility index (Phi) is 5.54. The second-order valence-electron chi connectivity index (χ2n) is 6.38. The van der Waals surface area contributed by atoms with Crippen molar-refractivity contribution >= 4 is 11.8 Å². The molecule has 0 atom stereocenters. The first-order valence-corrected chi connectivity index (χ1v) is 8.49. The Morgan fingerprint density at radius 1 is 0.724 bits per heavy atom. The highest BCUT2D eigenvalue weighted by Gasteiger charge is 2.31. The maximum atomic E-state index is 13.8. The Hall–Kier alpha value is -3.04. The van der Waals surface area contributed by atoms with Crippen LogP contribution in [0.15, 0.2) is 36.4 Å². The van der Waals surface area contributed by atoms with Crippen LogP contribution in [0.1, 0.15) is 26.3 Å². The van der Waals surface area contributed by atoms with E-state index in [1.165, 1.54) is 9.80 Å². The standard InChI is InChI=1S/C19H14F6N2O2/c20-14-6-5-13(15(21)16(14)22)18(29)27-9-7-26(8-10-27)17(28)11-1-3-12(4-2-11)19(23,24)25/h1-6H,7-10H2. The lowest BCUT2D eigenvalue weighted by atomic mass is 10.1. The third-order valence-electron chi connectivity index (χ3n) is 4.58. The van der Waals surface area contributed by atoms with Crippen LogP contribution in [-0.2, 0) is 6.18 Å². The summed E-state index contributed by atoms with van der Waals surface area (Å²) < 4.78 is 78.0. The van der Waals surface area contributed by atoms with Crippen LogP contribution in [0.3, 0.4) is 0 Å². The highest BCUT2D eigenvalue weighted by molar-refractivity contribution is 5.96. The summed E-state index contributed by atoms with van der Waals surface area (Å²) >= 11 is 0. The minimum atomic E-state index is -4.51. The van der Waals surface area contributed by atoms with E-state index in [1.54, 1.807) is 0 Å². The maximum absolute atomic E-state index is 13.8. The van der Waals surface area contributed by atoms with Gasteiger partial charge in [0.1, 0.15) is 0 Å². The summed E-state index contributed by atoms with van der Waals surface area (Å²) in [6.07, 6.45) is -4.51. The first-order chi connectivity index (χ1) is 13.6. The first-order valence-electron chi connectivity index (χ1n) is 8.49. The molecule has 0 unspecified atom stereocenters. The molecule has 0 aliphatic carbocycles. The fraction of sp³-hybridized carbons (Fsp3) is 0.263. The fourth-order valence-electron chi connectivity index (χ4n) is 2.96. The molecular formula is C19H14F6N2O2. The minimum Gasteiger partial charge on any atom is -0.335 e. The van der Waals surface area contributed by atoms with Crippen LogP contribution in [0.2, 0.25) is 0 Å². The molecule has 0 bridgehead atoms. The van der Waals surface area contributed by atoms with Gasteiger partial charge >= 0.3 is 6.18 Å². The number of piperazine rings is 1. The van der Waals surface area contributed by atoms with Gasteiger partial charge in [0.05, 0.1) is 11.1 Å². The second kappa shape index (κ2) is 7.76. The third-order valence-corrected chi connectivity index (χ3v) is 4.58. The Bertz CT molecular complexity index is 935. The molecule has 2 aromatic rings. The van der Waals surface area contributed by atoms with Gasteiger partial charge in [-0.3, -0.25) is 9.59 Å². The Labute approximate surface area is 161 Å². The summed E-state index contributed by atoms with van der Waals surface area (Å²) in [6, 6.07) is 5.24. The molecule has 2 amide bonds. The fourth-order valence-corrected chi connectivity index (χ4v) is 2.96. The van der Waals surface area contributed by atoms with E-state index >= 15 is 0 Å². The van der Waals surface area contributed by atoms with Crippen LogP contribution in [0.4, 0.5) is 26.3 Å². The zero-order chi connectivity index (χ0) is 21.3. The summed E-state index contributed by atoms with van der Waals surface area (Å²) in [6.45, 7) is 0.112. The van der Waals surface area contributed by atoms with Crippen molar-refractivity contribution in [3.05, 3.63) is 70.5 Å². The molecule has 0 radical (unpaired) electrons. The molecule has 1 aliphatic rings. The van der Waals surface area contributed by atoms with Crippen molar-refractivity contribution in [1.82, 2.24) is 9.80 Å². The van der Waals surface area contributed by atoms with Gasteiger partial charge in [-0.2, -0.15) is 13.2 Å². The molecular weight excluding hydrogens is 402 g/mol. The molecule has 2 aromatic carbocycles. The number of alkyl halides is 3. The number of halogens is 6. The lowest BCUT2D eigenvalue weighted by Gasteiger charge is -2.35. The van der Waals surface area contributed by atoms with Gasteiger partial charge in [-0.05, 0) is 36.4 Å². The summed E-state index contributed by atoms with van der Waals surface area (Å²) in [5, 5.41) is 0. The van der Waals surface area contributed by atoms with Crippen molar-refractivity contribution in [2.75, 3.05) is 26.2 Å². The van der Waals surface area contributed by atoms with E-state index in [0.29, 0.717) is 6.07 Å². The number of carbonyl (C=O) groups is 2. The minimum absolute atomic E-state index is 0.00361. The van der Waals surface area contributed by atoms with Crippen molar-refractivity contribution in [1.29, 1.82) is 0 Å². The summed E-state index contributed by atoms with van der Waals surface area (Å²) in [5.41, 5.74) is -1.44. The van der Waals surface area contributed by atoms with Gasteiger partial charge in [0.25, 0.3) is 11.8 Å². The maximum Gasteiger partial charge on any atom is 0.416 e. The molecule has 3 rings (SSSR count). The predicted molar refractivity (Wildman–Crippen MR) is 89.6 cm³/mol. The topological polar surface area (TPSA) is 40.6 Å². The quantitative estimate of drug-likeness (QED) is 0.553. The molecule has 0 N–H and O–H groups in total. The lowest BCUT2D eigenvalue weighted by molar-refractivity contribution is -0.137. The van der Waals surface area contributed by atoms with E-state index < -0.39 is 46.6 Å². The number of rotatable bonds is 2. The number of hydrogen-bond donors (Lipinski definition) is 0. The van der Waals surface area contributed by atoms with E-state index in [2.05, 4.69) is 0 Å². The Morgan fingerprint density at radius 3 is 1.76 bits per heavy atom. The third kappa shape index (κ3) is 4.20. The number of benzene rings is 2. The van der Waals surface area contributed by atoms with Gasteiger partial charge in [0.15, 0.2) is 17.5 Å². The van der Waals surface area contributed by atoms with E-state index in [0.717, 1.165) is 30.3 Å². The van der Waals surface area contributed by atoms with Crippen LogP contribution in [0, 0.1) is 17.5 Å². The normalized spacial score (nSPS) is 14.8. The molecule has 1 aliphatic heterocycles. The Balaban J connectivity index is 1.65. The Morgan fingerprint density at radius 2 is 1.24 bits per heavy atom. The van der Waals surface area contributed by atoms with E-state index in [-0.39, 0.29) is 31.7 Å². The average Bonchev–Trinajstić information content (AvgIpc) is 2.71. The molecule has 1 saturated heterocycles. The zero-order valence-electron chi connectivity index (χ0n) is 14.8. The molecule has 1 heterocycles. The number of nitrogens with zero attached hydrogens (tertiary/aromatic N) is 2. The number of hydrogen-bond acceptors (Lipinski definition) is 2. The second-order valence-corrected chi connectivity index (χ2v) is 6.38. The summed E-state index contributed by atoms with van der Waals surface area (Å²) in [5.74, 6) is -6.09. The molecule has 4 nitrogen and oxygen atoms in total.